The smallest absolute Gasteiger partial charge is 0.337 e. The van der Waals surface area contributed by atoms with E-state index in [0.29, 0.717) is 51.1 Å². The van der Waals surface area contributed by atoms with E-state index in [-0.39, 0.29) is 23.3 Å². The number of benzene rings is 2. The molecule has 1 unspecified atom stereocenters. The largest absolute Gasteiger partial charge is 0.465 e. The van der Waals surface area contributed by atoms with Crippen molar-refractivity contribution in [1.29, 1.82) is 5.26 Å². The lowest BCUT2D eigenvalue weighted by Crippen LogP contribution is -2.38. The maximum Gasteiger partial charge on any atom is 0.337 e. The van der Waals surface area contributed by atoms with Gasteiger partial charge in [0.15, 0.2) is 10.1 Å². The Morgan fingerprint density at radius 2 is 1.90 bits per heavy atom. The fourth-order valence-electron chi connectivity index (χ4n) is 5.07. The van der Waals surface area contributed by atoms with Gasteiger partial charge < -0.3 is 15.8 Å². The number of rotatable bonds is 8. The third-order valence-electron chi connectivity index (χ3n) is 7.14. The lowest BCUT2D eigenvalue weighted by Gasteiger charge is -2.38. The molecule has 12 heteroatoms. The number of ether oxygens (including phenoxy) is 1. The number of anilines is 2. The molecule has 0 saturated carbocycles. The third-order valence-corrected chi connectivity index (χ3v) is 9.18. The topological polar surface area (TPSA) is 151 Å². The van der Waals surface area contributed by atoms with Crippen molar-refractivity contribution in [2.24, 2.45) is 5.73 Å². The summed E-state index contributed by atoms with van der Waals surface area (Å²) in [4.78, 5) is 39.2. The molecule has 3 aromatic rings. The number of nitrogens with zero attached hydrogens (tertiary/aromatic N) is 4. The van der Waals surface area contributed by atoms with E-state index in [4.69, 9.17) is 5.73 Å². The van der Waals surface area contributed by atoms with Gasteiger partial charge in [-0.3, -0.25) is 14.5 Å². The quantitative estimate of drug-likeness (QED) is 0.269. The van der Waals surface area contributed by atoms with E-state index >= 15 is 0 Å². The van der Waals surface area contributed by atoms with Gasteiger partial charge in [0.1, 0.15) is 5.82 Å². The predicted molar refractivity (Wildman–Crippen MR) is 161 cm³/mol. The molecule has 214 valence electrons. The van der Waals surface area contributed by atoms with Crippen LogP contribution in [-0.2, 0) is 20.7 Å². The fraction of sp³-hybridized carbons (Fsp3) is 0.267. The molecule has 5 rings (SSSR count). The van der Waals surface area contributed by atoms with Crippen molar-refractivity contribution in [3.05, 3.63) is 87.9 Å². The number of nitrogens with one attached hydrogen (secondary N) is 1. The second-order valence-corrected chi connectivity index (χ2v) is 11.8. The number of hydrogen-bond acceptors (Lipinski definition) is 11. The standard InChI is InChI=1S/C30H28N6O4S2/c1-3-17-7-9-18(10-8-17)25-21(15-31)27(32)36(22-5-4-6-23(37)26(22)25)29-34-35-30(42-29)41-16-24(38)33-20-13-11-19(12-14-20)28(39)40-2/h7-14,25H,3-6,16,32H2,1-2H3,(H,33,38). The Morgan fingerprint density at radius 3 is 2.57 bits per heavy atom. The minimum Gasteiger partial charge on any atom is -0.465 e. The summed E-state index contributed by atoms with van der Waals surface area (Å²) < 4.78 is 5.22. The first-order valence-corrected chi connectivity index (χ1v) is 15.1. The summed E-state index contributed by atoms with van der Waals surface area (Å²) in [7, 11) is 1.31. The maximum absolute atomic E-state index is 13.3. The number of esters is 1. The van der Waals surface area contributed by atoms with E-state index in [9.17, 15) is 19.6 Å². The van der Waals surface area contributed by atoms with E-state index in [1.54, 1.807) is 29.2 Å². The summed E-state index contributed by atoms with van der Waals surface area (Å²) >= 11 is 2.45. The Kier molecular flexibility index (Phi) is 8.70. The van der Waals surface area contributed by atoms with E-state index in [2.05, 4.69) is 33.2 Å². The summed E-state index contributed by atoms with van der Waals surface area (Å²) in [6, 6.07) is 16.6. The number of thioether (sulfide) groups is 1. The molecule has 2 aliphatic rings. The van der Waals surface area contributed by atoms with Gasteiger partial charge in [-0.15, -0.1) is 10.2 Å². The monoisotopic (exact) mass is 600 g/mol. The maximum atomic E-state index is 13.3. The number of nitriles is 1. The van der Waals surface area contributed by atoms with Gasteiger partial charge in [-0.2, -0.15) is 5.26 Å². The first kappa shape index (κ1) is 29.0. The molecule has 2 aromatic carbocycles. The van der Waals surface area contributed by atoms with Crippen molar-refractivity contribution < 1.29 is 19.1 Å². The van der Waals surface area contributed by atoms with E-state index in [0.717, 1.165) is 17.7 Å². The van der Waals surface area contributed by atoms with Gasteiger partial charge in [0.05, 0.1) is 36.0 Å². The SMILES string of the molecule is CCc1ccc(C2C(C#N)=C(N)N(c3nnc(SCC(=O)Nc4ccc(C(=O)OC)cc4)s3)C3=C2C(=O)CCC3)cc1. The number of methoxy groups -OCH3 is 1. The van der Waals surface area contributed by atoms with Crippen molar-refractivity contribution in [2.75, 3.05) is 23.1 Å². The molecule has 0 saturated heterocycles. The van der Waals surface area contributed by atoms with Crippen molar-refractivity contribution in [1.82, 2.24) is 10.2 Å². The second-order valence-electron chi connectivity index (χ2n) is 9.67. The van der Waals surface area contributed by atoms with Crippen LogP contribution in [0, 0.1) is 11.3 Å². The average Bonchev–Trinajstić information content (AvgIpc) is 3.48. The average molecular weight is 601 g/mol. The molecule has 1 amide bonds. The number of aromatic nitrogens is 2. The van der Waals surface area contributed by atoms with Gasteiger partial charge in [-0.05, 0) is 54.7 Å². The molecule has 1 aliphatic carbocycles. The Morgan fingerprint density at radius 1 is 1.17 bits per heavy atom. The number of carbonyl (C=O) groups excluding carboxylic acids is 3. The molecular formula is C30H28N6O4S2. The normalized spacial score (nSPS) is 16.6. The van der Waals surface area contributed by atoms with Crippen LogP contribution in [0.2, 0.25) is 0 Å². The number of aryl methyl sites for hydroxylation is 1. The number of amides is 1. The zero-order valence-corrected chi connectivity index (χ0v) is 24.7. The van der Waals surface area contributed by atoms with Crippen LogP contribution in [0.3, 0.4) is 0 Å². The van der Waals surface area contributed by atoms with Gasteiger partial charge in [0, 0.05) is 23.4 Å². The van der Waals surface area contributed by atoms with E-state index < -0.39 is 11.9 Å². The summed E-state index contributed by atoms with van der Waals surface area (Å²) in [5.74, 6) is -0.940. The Balaban J connectivity index is 1.36. The van der Waals surface area contributed by atoms with Crippen LogP contribution in [0.25, 0.3) is 0 Å². The molecule has 0 spiro atoms. The first-order valence-electron chi connectivity index (χ1n) is 13.3. The molecule has 3 N–H and O–H groups in total. The Bertz CT molecular complexity index is 1640. The zero-order valence-electron chi connectivity index (χ0n) is 23.0. The van der Waals surface area contributed by atoms with Crippen LogP contribution in [0.15, 0.2) is 75.5 Å². The minimum atomic E-state index is -0.535. The van der Waals surface area contributed by atoms with Gasteiger partial charge >= 0.3 is 5.97 Å². The van der Waals surface area contributed by atoms with Gasteiger partial charge in [-0.25, -0.2) is 4.79 Å². The highest BCUT2D eigenvalue weighted by atomic mass is 32.2. The van der Waals surface area contributed by atoms with E-state index in [1.807, 2.05) is 24.3 Å². The highest BCUT2D eigenvalue weighted by Crippen LogP contribution is 2.47. The highest BCUT2D eigenvalue weighted by Gasteiger charge is 2.41. The highest BCUT2D eigenvalue weighted by molar-refractivity contribution is 8.01. The van der Waals surface area contributed by atoms with Gasteiger partial charge in [-0.1, -0.05) is 54.3 Å². The van der Waals surface area contributed by atoms with Crippen LogP contribution in [0.1, 0.15) is 53.6 Å². The summed E-state index contributed by atoms with van der Waals surface area (Å²) in [6.45, 7) is 2.07. The summed E-state index contributed by atoms with van der Waals surface area (Å²) in [5, 5.41) is 22.0. The molecular weight excluding hydrogens is 573 g/mol. The Hall–Kier alpha value is -4.47. The molecule has 1 aromatic heterocycles. The molecule has 10 nitrogen and oxygen atoms in total. The minimum absolute atomic E-state index is 0.00136. The van der Waals surface area contributed by atoms with Crippen LogP contribution in [-0.4, -0.2) is 40.7 Å². The molecule has 0 radical (unpaired) electrons. The molecule has 0 bridgehead atoms. The fourth-order valence-corrected chi connectivity index (χ4v) is 6.75. The zero-order chi connectivity index (χ0) is 29.8. The van der Waals surface area contributed by atoms with Gasteiger partial charge in [0.2, 0.25) is 11.0 Å². The lowest BCUT2D eigenvalue weighted by molar-refractivity contribution is -0.116. The molecule has 1 aliphatic heterocycles. The summed E-state index contributed by atoms with van der Waals surface area (Å²) in [6.07, 6.45) is 2.58. The predicted octanol–water partition coefficient (Wildman–Crippen LogP) is 4.92. The molecule has 1 atom stereocenters. The third kappa shape index (κ3) is 5.79. The van der Waals surface area contributed by atoms with Crippen LogP contribution >= 0.6 is 23.1 Å². The second kappa shape index (κ2) is 12.6. The number of hydrogen-bond donors (Lipinski definition) is 2. The number of carbonyl (C=O) groups is 3. The van der Waals surface area contributed by atoms with Crippen molar-refractivity contribution in [3.8, 4) is 6.07 Å². The molecule has 42 heavy (non-hydrogen) atoms. The van der Waals surface area contributed by atoms with Gasteiger partial charge in [0.25, 0.3) is 0 Å². The lowest BCUT2D eigenvalue weighted by atomic mass is 9.75. The molecule has 0 fully saturated rings. The van der Waals surface area contributed by atoms with Crippen molar-refractivity contribution in [3.63, 3.8) is 0 Å². The number of nitrogens with two attached hydrogens (primary N) is 1. The van der Waals surface area contributed by atoms with Crippen LogP contribution < -0.4 is 16.0 Å². The van der Waals surface area contributed by atoms with Crippen molar-refractivity contribution >= 4 is 51.6 Å². The Labute approximate surface area is 251 Å². The van der Waals surface area contributed by atoms with E-state index in [1.165, 1.54) is 35.8 Å². The number of allylic oxidation sites excluding steroid dienone is 3. The number of ketones is 1. The van der Waals surface area contributed by atoms with Crippen LogP contribution in [0.5, 0.6) is 0 Å². The van der Waals surface area contributed by atoms with Crippen molar-refractivity contribution in [2.45, 2.75) is 42.9 Å². The summed E-state index contributed by atoms with van der Waals surface area (Å²) in [5.41, 5.74) is 11.2. The first-order chi connectivity index (χ1) is 20.3. The molecule has 2 heterocycles. The van der Waals surface area contributed by atoms with Crippen LogP contribution in [0.4, 0.5) is 10.8 Å². The number of Topliss-reactive ketones (excluding diaryl/α,β-unsaturated/α-hetero) is 1.